The maximum absolute atomic E-state index is 12.1. The Morgan fingerprint density at radius 3 is 2.77 bits per heavy atom. The minimum Gasteiger partial charge on any atom is -0.497 e. The van der Waals surface area contributed by atoms with Crippen LogP contribution in [0.15, 0.2) is 48.5 Å². The number of carbonyl (C=O) groups excluding carboxylic acids is 1. The molecular formula is C18H19N5O3. The molecule has 1 aromatic heterocycles. The summed E-state index contributed by atoms with van der Waals surface area (Å²) in [5.74, 6) is 1.65. The van der Waals surface area contributed by atoms with Crippen LogP contribution in [0.4, 0.5) is 0 Å². The minimum absolute atomic E-state index is 0.0217. The lowest BCUT2D eigenvalue weighted by atomic mass is 10.2. The third-order valence-corrected chi connectivity index (χ3v) is 3.73. The van der Waals surface area contributed by atoms with Crippen molar-refractivity contribution >= 4 is 5.91 Å². The van der Waals surface area contributed by atoms with E-state index < -0.39 is 0 Å². The molecule has 0 unspecified atom stereocenters. The van der Waals surface area contributed by atoms with Gasteiger partial charge in [0, 0.05) is 17.7 Å². The van der Waals surface area contributed by atoms with Crippen molar-refractivity contribution in [2.45, 2.75) is 13.1 Å². The van der Waals surface area contributed by atoms with Crippen LogP contribution in [0.3, 0.4) is 0 Å². The van der Waals surface area contributed by atoms with Gasteiger partial charge in [-0.2, -0.15) is 4.80 Å². The van der Waals surface area contributed by atoms with Gasteiger partial charge in [-0.1, -0.05) is 30.3 Å². The summed E-state index contributed by atoms with van der Waals surface area (Å²) in [5.41, 5.74) is 1.66. The molecule has 0 fully saturated rings. The first kappa shape index (κ1) is 17.4. The molecular weight excluding hydrogens is 334 g/mol. The Balaban J connectivity index is 1.61. The highest BCUT2D eigenvalue weighted by atomic mass is 16.5. The van der Waals surface area contributed by atoms with Crippen LogP contribution in [0.2, 0.25) is 0 Å². The molecule has 1 N–H and O–H groups in total. The number of ether oxygens (including phenoxy) is 2. The highest BCUT2D eigenvalue weighted by molar-refractivity contribution is 5.75. The van der Waals surface area contributed by atoms with Crippen LogP contribution in [-0.2, 0) is 17.9 Å². The smallest absolute Gasteiger partial charge is 0.243 e. The number of para-hydroxylation sites is 1. The second-order valence-electron chi connectivity index (χ2n) is 5.46. The number of tetrazole rings is 1. The summed E-state index contributed by atoms with van der Waals surface area (Å²) >= 11 is 0. The van der Waals surface area contributed by atoms with Gasteiger partial charge in [0.2, 0.25) is 11.7 Å². The molecule has 8 nitrogen and oxygen atoms in total. The first-order chi connectivity index (χ1) is 12.7. The predicted octanol–water partition coefficient (Wildman–Crippen LogP) is 1.67. The molecule has 0 radical (unpaired) electrons. The van der Waals surface area contributed by atoms with E-state index in [0.717, 1.165) is 16.9 Å². The molecule has 0 bridgehead atoms. The average Bonchev–Trinajstić information content (AvgIpc) is 3.15. The summed E-state index contributed by atoms with van der Waals surface area (Å²) in [6.45, 7) is 0.340. The van der Waals surface area contributed by atoms with Crippen LogP contribution in [0.1, 0.15) is 5.56 Å². The van der Waals surface area contributed by atoms with E-state index in [0.29, 0.717) is 18.1 Å². The molecule has 3 aromatic rings. The second kappa shape index (κ2) is 8.11. The van der Waals surface area contributed by atoms with Gasteiger partial charge in [-0.15, -0.1) is 10.2 Å². The number of rotatable bonds is 7. The van der Waals surface area contributed by atoms with Gasteiger partial charge in [0.25, 0.3) is 0 Å². The van der Waals surface area contributed by atoms with Gasteiger partial charge in [0.1, 0.15) is 18.0 Å². The van der Waals surface area contributed by atoms with E-state index >= 15 is 0 Å². The number of amides is 1. The van der Waals surface area contributed by atoms with Crippen LogP contribution in [0.5, 0.6) is 11.5 Å². The zero-order valence-corrected chi connectivity index (χ0v) is 14.5. The van der Waals surface area contributed by atoms with Gasteiger partial charge in [0.15, 0.2) is 0 Å². The molecule has 3 rings (SSSR count). The fraction of sp³-hybridized carbons (Fsp3) is 0.222. The molecule has 26 heavy (non-hydrogen) atoms. The lowest BCUT2D eigenvalue weighted by Crippen LogP contribution is -2.28. The normalized spacial score (nSPS) is 10.4. The first-order valence-electron chi connectivity index (χ1n) is 8.00. The molecule has 0 spiro atoms. The molecule has 0 aliphatic heterocycles. The summed E-state index contributed by atoms with van der Waals surface area (Å²) in [5, 5.41) is 15.0. The van der Waals surface area contributed by atoms with Crippen molar-refractivity contribution in [2.24, 2.45) is 0 Å². The molecule has 0 atom stereocenters. The Bertz CT molecular complexity index is 894. The summed E-state index contributed by atoms with van der Waals surface area (Å²) in [4.78, 5) is 13.4. The van der Waals surface area contributed by atoms with E-state index in [1.165, 1.54) is 4.80 Å². The quantitative estimate of drug-likeness (QED) is 0.695. The lowest BCUT2D eigenvalue weighted by Gasteiger charge is -2.09. The number of hydrogen-bond acceptors (Lipinski definition) is 6. The fourth-order valence-electron chi connectivity index (χ4n) is 2.42. The Morgan fingerprint density at radius 2 is 1.96 bits per heavy atom. The zero-order valence-electron chi connectivity index (χ0n) is 14.5. The van der Waals surface area contributed by atoms with Gasteiger partial charge in [-0.05, 0) is 23.4 Å². The number of benzene rings is 2. The predicted molar refractivity (Wildman–Crippen MR) is 94.6 cm³/mol. The van der Waals surface area contributed by atoms with Crippen LogP contribution < -0.4 is 14.8 Å². The van der Waals surface area contributed by atoms with Crippen LogP contribution >= 0.6 is 0 Å². The molecule has 1 amide bonds. The number of carbonyl (C=O) groups is 1. The van der Waals surface area contributed by atoms with Crippen LogP contribution in [0.25, 0.3) is 11.4 Å². The molecule has 0 aliphatic carbocycles. The third kappa shape index (κ3) is 4.15. The molecule has 134 valence electrons. The Hall–Kier alpha value is -3.42. The van der Waals surface area contributed by atoms with E-state index in [1.54, 1.807) is 14.2 Å². The summed E-state index contributed by atoms with van der Waals surface area (Å²) < 4.78 is 10.4. The second-order valence-corrected chi connectivity index (χ2v) is 5.46. The van der Waals surface area contributed by atoms with Crippen molar-refractivity contribution in [1.29, 1.82) is 0 Å². The molecule has 8 heteroatoms. The first-order valence-corrected chi connectivity index (χ1v) is 8.00. The Morgan fingerprint density at radius 1 is 1.12 bits per heavy atom. The maximum Gasteiger partial charge on any atom is 0.243 e. The van der Waals surface area contributed by atoms with Crippen molar-refractivity contribution in [3.63, 3.8) is 0 Å². The van der Waals surface area contributed by atoms with Gasteiger partial charge in [-0.25, -0.2) is 0 Å². The minimum atomic E-state index is -0.217. The third-order valence-electron chi connectivity index (χ3n) is 3.73. The number of nitrogens with one attached hydrogen (secondary N) is 1. The summed E-state index contributed by atoms with van der Waals surface area (Å²) in [6.07, 6.45) is 0. The van der Waals surface area contributed by atoms with Crippen molar-refractivity contribution in [3.05, 3.63) is 54.1 Å². The van der Waals surface area contributed by atoms with E-state index in [-0.39, 0.29) is 12.5 Å². The van der Waals surface area contributed by atoms with E-state index in [9.17, 15) is 4.79 Å². The number of aromatic nitrogens is 4. The molecule has 0 saturated heterocycles. The molecule has 1 heterocycles. The molecule has 0 saturated carbocycles. The largest absolute Gasteiger partial charge is 0.497 e. The lowest BCUT2D eigenvalue weighted by molar-refractivity contribution is -0.122. The molecule has 0 aliphatic rings. The van der Waals surface area contributed by atoms with E-state index in [1.807, 2.05) is 48.5 Å². The van der Waals surface area contributed by atoms with E-state index in [2.05, 4.69) is 20.7 Å². The standard InChI is InChI=1S/C18H19N5O3/c1-25-15-8-5-7-13(10-15)18-20-22-23(21-18)12-17(24)19-11-14-6-3-4-9-16(14)26-2/h3-10H,11-12H2,1-2H3,(H,19,24). The maximum atomic E-state index is 12.1. The van der Waals surface area contributed by atoms with Gasteiger partial charge >= 0.3 is 0 Å². The van der Waals surface area contributed by atoms with Gasteiger partial charge in [0.05, 0.1) is 14.2 Å². The number of methoxy groups -OCH3 is 2. The van der Waals surface area contributed by atoms with Gasteiger partial charge in [-0.3, -0.25) is 4.79 Å². The van der Waals surface area contributed by atoms with Crippen molar-refractivity contribution in [1.82, 2.24) is 25.5 Å². The van der Waals surface area contributed by atoms with Crippen LogP contribution in [0, 0.1) is 0 Å². The number of hydrogen-bond donors (Lipinski definition) is 1. The fourth-order valence-corrected chi connectivity index (χ4v) is 2.42. The summed E-state index contributed by atoms with van der Waals surface area (Å²) in [6, 6.07) is 14.9. The van der Waals surface area contributed by atoms with Gasteiger partial charge < -0.3 is 14.8 Å². The zero-order chi connectivity index (χ0) is 18.4. The van der Waals surface area contributed by atoms with Crippen LogP contribution in [-0.4, -0.2) is 40.3 Å². The van der Waals surface area contributed by atoms with Crippen molar-refractivity contribution < 1.29 is 14.3 Å². The Labute approximate surface area is 150 Å². The van der Waals surface area contributed by atoms with Crippen molar-refractivity contribution in [2.75, 3.05) is 14.2 Å². The number of nitrogens with zero attached hydrogens (tertiary/aromatic N) is 4. The van der Waals surface area contributed by atoms with E-state index in [4.69, 9.17) is 9.47 Å². The molecule has 2 aromatic carbocycles. The Kier molecular flexibility index (Phi) is 5.43. The topological polar surface area (TPSA) is 91.2 Å². The highest BCUT2D eigenvalue weighted by Gasteiger charge is 2.10. The highest BCUT2D eigenvalue weighted by Crippen LogP contribution is 2.20. The monoisotopic (exact) mass is 353 g/mol. The summed E-state index contributed by atoms with van der Waals surface area (Å²) in [7, 11) is 3.19. The van der Waals surface area contributed by atoms with Crippen molar-refractivity contribution in [3.8, 4) is 22.9 Å². The SMILES string of the molecule is COc1cccc(-c2nnn(CC(=O)NCc3ccccc3OC)n2)c1. The average molecular weight is 353 g/mol.